The standard InChI is InChI=1S/C19H22F2N4O2S/c1-12-11-23-19(22)17-18(12)25(13(2)24-17)8-4-3-5-9-28(26,27)16-7-6-14(20)10-15(16)21/h6-7,10-11H,3-5,8-9H2,1-2H3,(H2,22,23). The zero-order valence-electron chi connectivity index (χ0n) is 15.7. The van der Waals surface area contributed by atoms with E-state index in [1.54, 1.807) is 6.20 Å². The van der Waals surface area contributed by atoms with E-state index in [2.05, 4.69) is 14.5 Å². The van der Waals surface area contributed by atoms with Crippen LogP contribution in [0, 0.1) is 25.5 Å². The Morgan fingerprint density at radius 1 is 1.14 bits per heavy atom. The molecule has 0 fully saturated rings. The molecule has 0 bridgehead atoms. The number of imidazole rings is 1. The first-order valence-electron chi connectivity index (χ1n) is 8.96. The quantitative estimate of drug-likeness (QED) is 0.477. The van der Waals surface area contributed by atoms with Crippen molar-refractivity contribution in [2.45, 2.75) is 44.6 Å². The van der Waals surface area contributed by atoms with Gasteiger partial charge in [-0.1, -0.05) is 6.42 Å². The molecule has 0 amide bonds. The lowest BCUT2D eigenvalue weighted by atomic mass is 10.2. The highest BCUT2D eigenvalue weighted by Crippen LogP contribution is 2.24. The molecule has 0 aliphatic heterocycles. The fourth-order valence-corrected chi connectivity index (χ4v) is 4.72. The van der Waals surface area contributed by atoms with Crippen LogP contribution in [0.5, 0.6) is 0 Å². The maximum atomic E-state index is 13.7. The molecule has 0 saturated heterocycles. The first kappa shape index (κ1) is 20.2. The summed E-state index contributed by atoms with van der Waals surface area (Å²) in [5.41, 5.74) is 8.48. The number of fused-ring (bicyclic) bond motifs is 1. The molecule has 150 valence electrons. The van der Waals surface area contributed by atoms with Gasteiger partial charge in [0.15, 0.2) is 15.7 Å². The molecule has 2 heterocycles. The first-order valence-corrected chi connectivity index (χ1v) is 10.6. The lowest BCUT2D eigenvalue weighted by Gasteiger charge is -2.09. The summed E-state index contributed by atoms with van der Waals surface area (Å²) in [5.74, 6) is -0.837. The summed E-state index contributed by atoms with van der Waals surface area (Å²) in [6.45, 7) is 4.49. The van der Waals surface area contributed by atoms with E-state index >= 15 is 0 Å². The third-order valence-electron chi connectivity index (χ3n) is 4.70. The SMILES string of the molecule is Cc1cnc(N)c2nc(C)n(CCCCCS(=O)(=O)c3ccc(F)cc3F)c12. The van der Waals surface area contributed by atoms with Crippen molar-refractivity contribution in [3.05, 3.63) is 47.4 Å². The lowest BCUT2D eigenvalue weighted by Crippen LogP contribution is -2.10. The van der Waals surface area contributed by atoms with Crippen molar-refractivity contribution in [3.63, 3.8) is 0 Å². The Bertz CT molecular complexity index is 1130. The topological polar surface area (TPSA) is 90.9 Å². The van der Waals surface area contributed by atoms with E-state index in [0.717, 1.165) is 35.5 Å². The van der Waals surface area contributed by atoms with Crippen LogP contribution < -0.4 is 5.73 Å². The number of hydrogen-bond donors (Lipinski definition) is 1. The summed E-state index contributed by atoms with van der Waals surface area (Å²) < 4.78 is 53.3. The number of aromatic nitrogens is 3. The number of nitrogen functional groups attached to an aromatic ring is 1. The number of benzene rings is 1. The normalized spacial score (nSPS) is 12.0. The number of anilines is 1. The van der Waals surface area contributed by atoms with Gasteiger partial charge in [0, 0.05) is 18.8 Å². The van der Waals surface area contributed by atoms with Crippen LogP contribution in [0.3, 0.4) is 0 Å². The largest absolute Gasteiger partial charge is 0.382 e. The fraction of sp³-hybridized carbons (Fsp3) is 0.368. The molecular formula is C19H22F2N4O2S. The average Bonchev–Trinajstić information content (AvgIpc) is 2.95. The molecule has 0 aliphatic carbocycles. The molecule has 0 radical (unpaired) electrons. The maximum absolute atomic E-state index is 13.7. The minimum Gasteiger partial charge on any atom is -0.382 e. The van der Waals surface area contributed by atoms with Crippen LogP contribution in [0.25, 0.3) is 11.0 Å². The molecule has 2 aromatic heterocycles. The molecule has 0 spiro atoms. The van der Waals surface area contributed by atoms with Gasteiger partial charge in [0.05, 0.1) is 11.3 Å². The summed E-state index contributed by atoms with van der Waals surface area (Å²) in [5, 5.41) is 0. The van der Waals surface area contributed by atoms with E-state index in [-0.39, 0.29) is 5.75 Å². The van der Waals surface area contributed by atoms with E-state index in [9.17, 15) is 17.2 Å². The highest BCUT2D eigenvalue weighted by Gasteiger charge is 2.19. The van der Waals surface area contributed by atoms with Gasteiger partial charge in [-0.2, -0.15) is 0 Å². The summed E-state index contributed by atoms with van der Waals surface area (Å²) in [4.78, 5) is 8.14. The lowest BCUT2D eigenvalue weighted by molar-refractivity contribution is 0.545. The van der Waals surface area contributed by atoms with Crippen LogP contribution in [-0.2, 0) is 16.4 Å². The Balaban J connectivity index is 1.62. The van der Waals surface area contributed by atoms with E-state index in [1.807, 2.05) is 13.8 Å². The summed E-state index contributed by atoms with van der Waals surface area (Å²) in [7, 11) is -3.78. The minimum absolute atomic E-state index is 0.185. The molecule has 0 aliphatic rings. The van der Waals surface area contributed by atoms with Crippen molar-refractivity contribution >= 4 is 26.7 Å². The summed E-state index contributed by atoms with van der Waals surface area (Å²) in [6, 6.07) is 2.51. The third-order valence-corrected chi connectivity index (χ3v) is 6.52. The minimum atomic E-state index is -3.78. The van der Waals surface area contributed by atoms with Gasteiger partial charge in [0.25, 0.3) is 0 Å². The highest BCUT2D eigenvalue weighted by molar-refractivity contribution is 7.91. The molecule has 28 heavy (non-hydrogen) atoms. The number of sulfone groups is 1. The van der Waals surface area contributed by atoms with Gasteiger partial charge in [-0.3, -0.25) is 0 Å². The molecule has 0 atom stereocenters. The molecule has 3 rings (SSSR count). The molecule has 0 saturated carbocycles. The molecule has 0 unspecified atom stereocenters. The number of pyridine rings is 1. The molecule has 2 N–H and O–H groups in total. The number of rotatable bonds is 7. The van der Waals surface area contributed by atoms with Crippen molar-refractivity contribution in [3.8, 4) is 0 Å². The van der Waals surface area contributed by atoms with Crippen LogP contribution >= 0.6 is 0 Å². The van der Waals surface area contributed by atoms with E-state index < -0.39 is 26.4 Å². The van der Waals surface area contributed by atoms with Crippen LogP contribution in [0.2, 0.25) is 0 Å². The van der Waals surface area contributed by atoms with Crippen molar-refractivity contribution in [2.24, 2.45) is 0 Å². The first-order chi connectivity index (χ1) is 13.2. The fourth-order valence-electron chi connectivity index (χ4n) is 3.28. The number of nitrogens with two attached hydrogens (primary N) is 1. The molecule has 6 nitrogen and oxygen atoms in total. The van der Waals surface area contributed by atoms with Gasteiger partial charge in [-0.05, 0) is 44.4 Å². The van der Waals surface area contributed by atoms with Gasteiger partial charge in [-0.25, -0.2) is 27.2 Å². The number of aryl methyl sites for hydroxylation is 3. The predicted octanol–water partition coefficient (Wildman–Crippen LogP) is 3.55. The third kappa shape index (κ3) is 3.99. The second-order valence-corrected chi connectivity index (χ2v) is 8.87. The number of hydrogen-bond acceptors (Lipinski definition) is 5. The van der Waals surface area contributed by atoms with Gasteiger partial charge < -0.3 is 10.3 Å². The predicted molar refractivity (Wildman–Crippen MR) is 104 cm³/mol. The Morgan fingerprint density at radius 3 is 2.61 bits per heavy atom. The summed E-state index contributed by atoms with van der Waals surface area (Å²) in [6.07, 6.45) is 3.46. The van der Waals surface area contributed by atoms with Crippen LogP contribution in [-0.4, -0.2) is 28.7 Å². The highest BCUT2D eigenvalue weighted by atomic mass is 32.2. The second-order valence-electron chi connectivity index (χ2n) is 6.79. The number of halogens is 2. The van der Waals surface area contributed by atoms with Gasteiger partial charge in [0.1, 0.15) is 27.9 Å². The van der Waals surface area contributed by atoms with Crippen LogP contribution in [0.15, 0.2) is 29.3 Å². The zero-order valence-corrected chi connectivity index (χ0v) is 16.6. The van der Waals surface area contributed by atoms with E-state index in [4.69, 9.17) is 5.73 Å². The van der Waals surface area contributed by atoms with Gasteiger partial charge in [0.2, 0.25) is 0 Å². The zero-order chi connectivity index (χ0) is 20.5. The average molecular weight is 408 g/mol. The van der Waals surface area contributed by atoms with Crippen molar-refractivity contribution in [1.82, 2.24) is 14.5 Å². The van der Waals surface area contributed by atoms with Crippen molar-refractivity contribution < 1.29 is 17.2 Å². The Kier molecular flexibility index (Phi) is 5.64. The smallest absolute Gasteiger partial charge is 0.181 e. The molecule has 1 aromatic carbocycles. The summed E-state index contributed by atoms with van der Waals surface area (Å²) >= 11 is 0. The monoisotopic (exact) mass is 408 g/mol. The van der Waals surface area contributed by atoms with Crippen LogP contribution in [0.1, 0.15) is 30.7 Å². The van der Waals surface area contributed by atoms with Gasteiger partial charge >= 0.3 is 0 Å². The Morgan fingerprint density at radius 2 is 1.89 bits per heavy atom. The van der Waals surface area contributed by atoms with Crippen molar-refractivity contribution in [2.75, 3.05) is 11.5 Å². The van der Waals surface area contributed by atoms with Crippen molar-refractivity contribution in [1.29, 1.82) is 0 Å². The molecular weight excluding hydrogens is 386 g/mol. The molecule has 9 heteroatoms. The number of unbranched alkanes of at least 4 members (excludes halogenated alkanes) is 2. The van der Waals surface area contributed by atoms with Gasteiger partial charge in [-0.15, -0.1) is 0 Å². The molecule has 3 aromatic rings. The van der Waals surface area contributed by atoms with E-state index in [0.29, 0.717) is 36.8 Å². The number of nitrogens with zero attached hydrogens (tertiary/aromatic N) is 3. The second kappa shape index (κ2) is 7.83. The Labute approximate surface area is 162 Å². The van der Waals surface area contributed by atoms with E-state index in [1.165, 1.54) is 0 Å². The maximum Gasteiger partial charge on any atom is 0.181 e. The van der Waals surface area contributed by atoms with Crippen LogP contribution in [0.4, 0.5) is 14.6 Å². The Hall–Kier alpha value is -2.55.